The van der Waals surface area contributed by atoms with Gasteiger partial charge in [0.15, 0.2) is 0 Å². The van der Waals surface area contributed by atoms with Crippen LogP contribution in [-0.2, 0) is 11.3 Å². The topological polar surface area (TPSA) is 54.3 Å². The highest BCUT2D eigenvalue weighted by molar-refractivity contribution is 9.10. The molecule has 0 atom stereocenters. The molecular formula is C22H23BrN2O2. The number of amides is 1. The standard InChI is InChI=1S/C22H23BrN2O2/c1-14(2)22(26)25-18-7-5-17(6-8-18)24-13-19-9-11-21(27-19)16-4-10-20(23)15(3)12-16/h4-12,14,24H,13H2,1-3H3,(H,25,26). The molecule has 0 fully saturated rings. The van der Waals surface area contributed by atoms with E-state index in [1.54, 1.807) is 0 Å². The third-order valence-electron chi connectivity index (χ3n) is 4.25. The Balaban J connectivity index is 1.60. The highest BCUT2D eigenvalue weighted by atomic mass is 79.9. The van der Waals surface area contributed by atoms with Gasteiger partial charge in [0.2, 0.25) is 5.91 Å². The molecule has 3 rings (SSSR count). The minimum absolute atomic E-state index is 0.0157. The molecule has 0 unspecified atom stereocenters. The molecule has 0 saturated heterocycles. The average molecular weight is 427 g/mol. The average Bonchev–Trinajstić information content (AvgIpc) is 3.12. The molecule has 0 bridgehead atoms. The molecule has 5 heteroatoms. The summed E-state index contributed by atoms with van der Waals surface area (Å²) in [5, 5.41) is 6.22. The summed E-state index contributed by atoms with van der Waals surface area (Å²) in [6.45, 7) is 6.40. The Bertz CT molecular complexity index is 930. The summed E-state index contributed by atoms with van der Waals surface area (Å²) in [6.07, 6.45) is 0. The smallest absolute Gasteiger partial charge is 0.226 e. The Morgan fingerprint density at radius 1 is 1.04 bits per heavy atom. The molecule has 0 saturated carbocycles. The molecule has 27 heavy (non-hydrogen) atoms. The number of halogens is 1. The van der Waals surface area contributed by atoms with Crippen LogP contribution >= 0.6 is 15.9 Å². The first-order valence-electron chi connectivity index (χ1n) is 8.92. The molecule has 3 aromatic rings. The fraction of sp³-hybridized carbons (Fsp3) is 0.227. The second-order valence-electron chi connectivity index (χ2n) is 6.80. The van der Waals surface area contributed by atoms with Crippen LogP contribution in [0.2, 0.25) is 0 Å². The first-order chi connectivity index (χ1) is 12.9. The van der Waals surface area contributed by atoms with Crippen LogP contribution < -0.4 is 10.6 Å². The predicted octanol–water partition coefficient (Wildman–Crippen LogP) is 6.22. The van der Waals surface area contributed by atoms with Crippen molar-refractivity contribution in [3.63, 3.8) is 0 Å². The number of carbonyl (C=O) groups is 1. The highest BCUT2D eigenvalue weighted by Gasteiger charge is 2.08. The van der Waals surface area contributed by atoms with Crippen LogP contribution in [0.15, 0.2) is 63.5 Å². The van der Waals surface area contributed by atoms with E-state index in [1.165, 1.54) is 5.56 Å². The first kappa shape index (κ1) is 19.2. The van der Waals surface area contributed by atoms with E-state index in [2.05, 4.69) is 39.6 Å². The van der Waals surface area contributed by atoms with Gasteiger partial charge in [-0.25, -0.2) is 0 Å². The lowest BCUT2D eigenvalue weighted by atomic mass is 10.1. The van der Waals surface area contributed by atoms with Crippen molar-refractivity contribution in [3.05, 3.63) is 70.4 Å². The minimum Gasteiger partial charge on any atom is -0.459 e. The molecule has 0 aliphatic carbocycles. The SMILES string of the molecule is Cc1cc(-c2ccc(CNc3ccc(NC(=O)C(C)C)cc3)o2)ccc1Br. The van der Waals surface area contributed by atoms with Gasteiger partial charge in [-0.3, -0.25) is 4.79 Å². The van der Waals surface area contributed by atoms with E-state index < -0.39 is 0 Å². The Morgan fingerprint density at radius 3 is 2.41 bits per heavy atom. The number of carbonyl (C=O) groups excluding carboxylic acids is 1. The number of benzene rings is 2. The van der Waals surface area contributed by atoms with Gasteiger partial charge in [0.25, 0.3) is 0 Å². The van der Waals surface area contributed by atoms with Crippen LogP contribution in [0.25, 0.3) is 11.3 Å². The zero-order valence-corrected chi connectivity index (χ0v) is 17.3. The molecule has 0 aliphatic rings. The highest BCUT2D eigenvalue weighted by Crippen LogP contribution is 2.27. The van der Waals surface area contributed by atoms with Gasteiger partial charge in [-0.05, 0) is 61.0 Å². The lowest BCUT2D eigenvalue weighted by molar-refractivity contribution is -0.118. The number of aryl methyl sites for hydroxylation is 1. The molecule has 140 valence electrons. The van der Waals surface area contributed by atoms with Gasteiger partial charge in [0.1, 0.15) is 11.5 Å². The second kappa shape index (κ2) is 8.44. The maximum atomic E-state index is 11.7. The molecule has 1 amide bonds. The number of rotatable bonds is 6. The zero-order chi connectivity index (χ0) is 19.4. The number of hydrogen-bond donors (Lipinski definition) is 2. The fourth-order valence-corrected chi connectivity index (χ4v) is 2.82. The fourth-order valence-electron chi connectivity index (χ4n) is 2.57. The van der Waals surface area contributed by atoms with Gasteiger partial charge < -0.3 is 15.1 Å². The summed E-state index contributed by atoms with van der Waals surface area (Å²) in [5.41, 5.74) is 4.00. The van der Waals surface area contributed by atoms with Crippen LogP contribution in [0.1, 0.15) is 25.2 Å². The van der Waals surface area contributed by atoms with Crippen molar-refractivity contribution in [2.24, 2.45) is 5.92 Å². The number of furan rings is 1. The van der Waals surface area contributed by atoms with E-state index in [1.807, 2.05) is 62.4 Å². The van der Waals surface area contributed by atoms with Gasteiger partial charge >= 0.3 is 0 Å². The largest absolute Gasteiger partial charge is 0.459 e. The van der Waals surface area contributed by atoms with E-state index in [0.29, 0.717) is 6.54 Å². The van der Waals surface area contributed by atoms with Crippen LogP contribution in [0.3, 0.4) is 0 Å². The van der Waals surface area contributed by atoms with Gasteiger partial charge in [-0.1, -0.05) is 35.8 Å². The monoisotopic (exact) mass is 426 g/mol. The first-order valence-corrected chi connectivity index (χ1v) is 9.71. The quantitative estimate of drug-likeness (QED) is 0.491. The third-order valence-corrected chi connectivity index (χ3v) is 5.14. The lowest BCUT2D eigenvalue weighted by Gasteiger charge is -2.09. The maximum absolute atomic E-state index is 11.7. The second-order valence-corrected chi connectivity index (χ2v) is 7.66. The van der Waals surface area contributed by atoms with Crippen molar-refractivity contribution in [1.82, 2.24) is 0 Å². The van der Waals surface area contributed by atoms with Crippen LogP contribution in [0.5, 0.6) is 0 Å². The molecule has 1 heterocycles. The van der Waals surface area contributed by atoms with Gasteiger partial charge in [0.05, 0.1) is 6.54 Å². The Morgan fingerprint density at radius 2 is 1.74 bits per heavy atom. The molecule has 2 N–H and O–H groups in total. The summed E-state index contributed by atoms with van der Waals surface area (Å²) in [6, 6.07) is 17.8. The Labute approximate surface area is 168 Å². The van der Waals surface area contributed by atoms with Crippen molar-refractivity contribution < 1.29 is 9.21 Å². The van der Waals surface area contributed by atoms with Crippen LogP contribution in [0, 0.1) is 12.8 Å². The number of anilines is 2. The number of nitrogens with one attached hydrogen (secondary N) is 2. The molecule has 0 spiro atoms. The van der Waals surface area contributed by atoms with Crippen LogP contribution in [0.4, 0.5) is 11.4 Å². The van der Waals surface area contributed by atoms with Crippen molar-refractivity contribution in [1.29, 1.82) is 0 Å². The lowest BCUT2D eigenvalue weighted by Crippen LogP contribution is -2.17. The van der Waals surface area contributed by atoms with Gasteiger partial charge in [-0.2, -0.15) is 0 Å². The molecule has 1 aromatic heterocycles. The normalized spacial score (nSPS) is 10.9. The molecular weight excluding hydrogens is 404 g/mol. The molecule has 4 nitrogen and oxygen atoms in total. The summed E-state index contributed by atoms with van der Waals surface area (Å²) >= 11 is 3.52. The summed E-state index contributed by atoms with van der Waals surface area (Å²) in [7, 11) is 0. The molecule has 0 aliphatic heterocycles. The summed E-state index contributed by atoms with van der Waals surface area (Å²) < 4.78 is 7.04. The molecule has 2 aromatic carbocycles. The number of hydrogen-bond acceptors (Lipinski definition) is 3. The van der Waals surface area contributed by atoms with Gasteiger partial charge in [-0.15, -0.1) is 0 Å². The minimum atomic E-state index is -0.0366. The van der Waals surface area contributed by atoms with Crippen molar-refractivity contribution in [2.45, 2.75) is 27.3 Å². The molecule has 0 radical (unpaired) electrons. The predicted molar refractivity (Wildman–Crippen MR) is 114 cm³/mol. The van der Waals surface area contributed by atoms with Crippen molar-refractivity contribution in [3.8, 4) is 11.3 Å². The van der Waals surface area contributed by atoms with E-state index in [4.69, 9.17) is 4.42 Å². The van der Waals surface area contributed by atoms with E-state index in [0.717, 1.165) is 32.9 Å². The Kier molecular flexibility index (Phi) is 6.01. The maximum Gasteiger partial charge on any atom is 0.226 e. The zero-order valence-electron chi connectivity index (χ0n) is 15.7. The van der Waals surface area contributed by atoms with E-state index >= 15 is 0 Å². The van der Waals surface area contributed by atoms with Gasteiger partial charge in [0, 0.05) is 27.3 Å². The van der Waals surface area contributed by atoms with Crippen LogP contribution in [-0.4, -0.2) is 5.91 Å². The van der Waals surface area contributed by atoms with E-state index in [-0.39, 0.29) is 11.8 Å². The van der Waals surface area contributed by atoms with Crippen molar-refractivity contribution >= 4 is 33.2 Å². The third kappa shape index (κ3) is 5.01. The van der Waals surface area contributed by atoms with E-state index in [9.17, 15) is 4.79 Å². The summed E-state index contributed by atoms with van der Waals surface area (Å²) in [5.74, 6) is 1.70. The summed E-state index contributed by atoms with van der Waals surface area (Å²) in [4.78, 5) is 11.7. The Hall–Kier alpha value is -2.53. The van der Waals surface area contributed by atoms with Crippen molar-refractivity contribution in [2.75, 3.05) is 10.6 Å².